The van der Waals surface area contributed by atoms with Gasteiger partial charge in [0.1, 0.15) is 5.82 Å². The molecule has 4 rings (SSSR count). The molecular formula is C18H23N7. The Kier molecular flexibility index (Phi) is 4.01. The Morgan fingerprint density at radius 2 is 2.04 bits per heavy atom. The number of hydrogen-bond donors (Lipinski definition) is 2. The molecule has 3 aromatic rings. The molecule has 0 saturated heterocycles. The van der Waals surface area contributed by atoms with E-state index < -0.39 is 0 Å². The average Bonchev–Trinajstić information content (AvgIpc) is 3.01. The number of hydrogen-bond acceptors (Lipinski definition) is 6. The van der Waals surface area contributed by atoms with Crippen molar-refractivity contribution in [3.05, 3.63) is 41.6 Å². The fourth-order valence-corrected chi connectivity index (χ4v) is 3.38. The third-order valence-electron chi connectivity index (χ3n) is 4.96. The summed E-state index contributed by atoms with van der Waals surface area (Å²) < 4.78 is 1.71. The molecule has 25 heavy (non-hydrogen) atoms. The Labute approximate surface area is 146 Å². The molecule has 1 aliphatic heterocycles. The number of nitrogens with zero attached hydrogens (tertiary/aromatic N) is 5. The molecule has 7 nitrogen and oxygen atoms in total. The number of benzene rings is 1. The van der Waals surface area contributed by atoms with E-state index in [1.54, 1.807) is 10.9 Å². The fourth-order valence-electron chi connectivity index (χ4n) is 3.38. The van der Waals surface area contributed by atoms with Gasteiger partial charge in [-0.2, -0.15) is 15.1 Å². The van der Waals surface area contributed by atoms with E-state index in [0.717, 1.165) is 37.1 Å². The van der Waals surface area contributed by atoms with E-state index >= 15 is 0 Å². The summed E-state index contributed by atoms with van der Waals surface area (Å²) in [7, 11) is 1.85. The van der Waals surface area contributed by atoms with Crippen LogP contribution in [0.1, 0.15) is 18.1 Å². The summed E-state index contributed by atoms with van der Waals surface area (Å²) in [6, 6.07) is 9.07. The lowest BCUT2D eigenvalue weighted by molar-refractivity contribution is 0.198. The number of rotatable bonds is 4. The molecule has 1 aliphatic rings. The lowest BCUT2D eigenvalue weighted by Crippen LogP contribution is -2.41. The van der Waals surface area contributed by atoms with Gasteiger partial charge in [-0.15, -0.1) is 0 Å². The quantitative estimate of drug-likeness (QED) is 0.755. The van der Waals surface area contributed by atoms with E-state index in [2.05, 4.69) is 56.5 Å². The van der Waals surface area contributed by atoms with Gasteiger partial charge in [0.05, 0.1) is 11.6 Å². The van der Waals surface area contributed by atoms with Crippen LogP contribution in [0.4, 0.5) is 11.8 Å². The highest BCUT2D eigenvalue weighted by Gasteiger charge is 2.20. The zero-order chi connectivity index (χ0) is 17.4. The lowest BCUT2D eigenvalue weighted by atomic mass is 9.99. The highest BCUT2D eigenvalue weighted by Crippen LogP contribution is 2.21. The molecule has 0 aliphatic carbocycles. The second-order valence-electron chi connectivity index (χ2n) is 6.66. The number of nitrogens with one attached hydrogen (secondary N) is 1. The molecule has 3 N–H and O–H groups in total. The van der Waals surface area contributed by atoms with Crippen LogP contribution < -0.4 is 11.1 Å². The van der Waals surface area contributed by atoms with Gasteiger partial charge in [0.15, 0.2) is 5.65 Å². The van der Waals surface area contributed by atoms with Gasteiger partial charge in [-0.3, -0.25) is 9.58 Å². The highest BCUT2D eigenvalue weighted by molar-refractivity contribution is 5.86. The summed E-state index contributed by atoms with van der Waals surface area (Å²) in [5.74, 6) is 1.01. The summed E-state index contributed by atoms with van der Waals surface area (Å²) in [4.78, 5) is 11.4. The van der Waals surface area contributed by atoms with Crippen LogP contribution in [0.3, 0.4) is 0 Å². The van der Waals surface area contributed by atoms with Crippen molar-refractivity contribution in [1.29, 1.82) is 0 Å². The molecule has 3 heterocycles. The molecule has 1 aromatic carbocycles. The largest absolute Gasteiger partial charge is 0.383 e. The average molecular weight is 337 g/mol. The highest BCUT2D eigenvalue weighted by atomic mass is 15.3. The molecule has 7 heteroatoms. The molecule has 0 amide bonds. The van der Waals surface area contributed by atoms with E-state index in [-0.39, 0.29) is 0 Å². The standard InChI is InChI=1S/C18H23N7/c1-12(25-8-7-13-5-3-4-6-14(13)11-25)9-20-18-22-16(19)15-10-21-24(2)17(15)23-18/h3-6,10,12H,7-9,11H2,1-2H3,(H3,19,20,22,23)/t12-/m1/s1. The van der Waals surface area contributed by atoms with E-state index in [0.29, 0.717) is 17.8 Å². The van der Waals surface area contributed by atoms with Gasteiger partial charge in [-0.1, -0.05) is 24.3 Å². The number of nitrogen functional groups attached to an aromatic ring is 1. The van der Waals surface area contributed by atoms with Gasteiger partial charge in [0.2, 0.25) is 5.95 Å². The van der Waals surface area contributed by atoms with Gasteiger partial charge in [0, 0.05) is 32.7 Å². The predicted octanol–water partition coefficient (Wildman–Crippen LogP) is 1.80. The minimum atomic E-state index is 0.375. The lowest BCUT2D eigenvalue weighted by Gasteiger charge is -2.33. The Morgan fingerprint density at radius 3 is 2.88 bits per heavy atom. The number of aryl methyl sites for hydroxylation is 1. The Bertz CT molecular complexity index is 902. The Morgan fingerprint density at radius 1 is 1.24 bits per heavy atom. The second-order valence-corrected chi connectivity index (χ2v) is 6.66. The fraction of sp³-hybridized carbons (Fsp3) is 0.389. The molecule has 2 aromatic heterocycles. The maximum atomic E-state index is 6.02. The molecule has 130 valence electrons. The van der Waals surface area contributed by atoms with Crippen LogP contribution >= 0.6 is 0 Å². The van der Waals surface area contributed by atoms with Gasteiger partial charge >= 0.3 is 0 Å². The minimum absolute atomic E-state index is 0.375. The maximum absolute atomic E-state index is 6.02. The molecule has 0 fully saturated rings. The van der Waals surface area contributed by atoms with Crippen LogP contribution in [0.5, 0.6) is 0 Å². The molecule has 0 bridgehead atoms. The number of fused-ring (bicyclic) bond motifs is 2. The van der Waals surface area contributed by atoms with E-state index in [9.17, 15) is 0 Å². The van der Waals surface area contributed by atoms with Gasteiger partial charge in [0.25, 0.3) is 0 Å². The van der Waals surface area contributed by atoms with Crippen molar-refractivity contribution in [2.24, 2.45) is 7.05 Å². The zero-order valence-corrected chi connectivity index (χ0v) is 14.6. The maximum Gasteiger partial charge on any atom is 0.226 e. The number of aromatic nitrogens is 4. The van der Waals surface area contributed by atoms with Gasteiger partial charge in [-0.05, 0) is 24.5 Å². The summed E-state index contributed by atoms with van der Waals surface area (Å²) in [5.41, 5.74) is 9.66. The molecule has 0 radical (unpaired) electrons. The summed E-state index contributed by atoms with van der Waals surface area (Å²) in [6.45, 7) is 5.06. The van der Waals surface area contributed by atoms with Crippen LogP contribution in [0.25, 0.3) is 11.0 Å². The van der Waals surface area contributed by atoms with E-state index in [4.69, 9.17) is 5.73 Å². The molecular weight excluding hydrogens is 314 g/mol. The monoisotopic (exact) mass is 337 g/mol. The smallest absolute Gasteiger partial charge is 0.226 e. The third-order valence-corrected chi connectivity index (χ3v) is 4.96. The molecule has 0 saturated carbocycles. The van der Waals surface area contributed by atoms with Crippen molar-refractivity contribution < 1.29 is 0 Å². The van der Waals surface area contributed by atoms with Crippen LogP contribution in [-0.2, 0) is 20.0 Å². The molecule has 0 spiro atoms. The normalized spacial score (nSPS) is 15.9. The second kappa shape index (κ2) is 6.33. The van der Waals surface area contributed by atoms with Crippen LogP contribution in [0.2, 0.25) is 0 Å². The molecule has 1 atom stereocenters. The van der Waals surface area contributed by atoms with E-state index in [1.807, 2.05) is 7.05 Å². The van der Waals surface area contributed by atoms with Gasteiger partial charge in [-0.25, -0.2) is 0 Å². The third kappa shape index (κ3) is 3.02. The first kappa shape index (κ1) is 15.8. The van der Waals surface area contributed by atoms with Crippen molar-refractivity contribution in [3.63, 3.8) is 0 Å². The van der Waals surface area contributed by atoms with E-state index in [1.165, 1.54) is 11.1 Å². The first-order valence-corrected chi connectivity index (χ1v) is 8.62. The molecule has 0 unspecified atom stereocenters. The van der Waals surface area contributed by atoms with Crippen molar-refractivity contribution in [2.75, 3.05) is 24.1 Å². The van der Waals surface area contributed by atoms with Crippen molar-refractivity contribution in [1.82, 2.24) is 24.6 Å². The van der Waals surface area contributed by atoms with Crippen molar-refractivity contribution in [3.8, 4) is 0 Å². The number of anilines is 2. The SMILES string of the molecule is C[C@H](CNc1nc(N)c2cnn(C)c2n1)N1CCc2ccccc2C1. The summed E-state index contributed by atoms with van der Waals surface area (Å²) >= 11 is 0. The summed E-state index contributed by atoms with van der Waals surface area (Å²) in [6.07, 6.45) is 2.80. The minimum Gasteiger partial charge on any atom is -0.383 e. The van der Waals surface area contributed by atoms with Crippen LogP contribution in [-0.4, -0.2) is 43.8 Å². The number of nitrogens with two attached hydrogens (primary N) is 1. The van der Waals surface area contributed by atoms with Crippen LogP contribution in [0.15, 0.2) is 30.5 Å². The topological polar surface area (TPSA) is 84.9 Å². The Hall–Kier alpha value is -2.67. The van der Waals surface area contributed by atoms with Crippen molar-refractivity contribution >= 4 is 22.8 Å². The Balaban J connectivity index is 1.44. The first-order valence-electron chi connectivity index (χ1n) is 8.62. The van der Waals surface area contributed by atoms with Crippen LogP contribution in [0, 0.1) is 0 Å². The first-order chi connectivity index (χ1) is 12.1. The summed E-state index contributed by atoms with van der Waals surface area (Å²) in [5, 5.41) is 8.30. The van der Waals surface area contributed by atoms with Crippen molar-refractivity contribution in [2.45, 2.75) is 25.9 Å². The zero-order valence-electron chi connectivity index (χ0n) is 14.6. The predicted molar refractivity (Wildman–Crippen MR) is 99.2 cm³/mol. The van der Waals surface area contributed by atoms with Gasteiger partial charge < -0.3 is 11.1 Å².